The Morgan fingerprint density at radius 1 is 1.23 bits per heavy atom. The van der Waals surface area contributed by atoms with Crippen LogP contribution in [0.25, 0.3) is 0 Å². The van der Waals surface area contributed by atoms with Gasteiger partial charge in [0.1, 0.15) is 11.4 Å². The van der Waals surface area contributed by atoms with Gasteiger partial charge in [0.15, 0.2) is 0 Å². The number of fused-ring (bicyclic) bond motifs is 1. The number of oxime groups is 1. The molecule has 0 atom stereocenters. The number of hydrogen-bond acceptors (Lipinski definition) is 7. The van der Waals surface area contributed by atoms with E-state index in [2.05, 4.69) is 14.8 Å². The fraction of sp³-hybridized carbons (Fsp3) is 0.333. The first-order chi connectivity index (χ1) is 14.5. The van der Waals surface area contributed by atoms with Crippen molar-refractivity contribution in [1.29, 1.82) is 0 Å². The van der Waals surface area contributed by atoms with Crippen LogP contribution in [-0.2, 0) is 25.0 Å². The molecule has 0 aliphatic carbocycles. The summed E-state index contributed by atoms with van der Waals surface area (Å²) in [5.74, 6) is 0.622. The van der Waals surface area contributed by atoms with Crippen molar-refractivity contribution in [2.75, 3.05) is 11.9 Å². The quantitative estimate of drug-likeness (QED) is 0.269. The van der Waals surface area contributed by atoms with Crippen molar-refractivity contribution < 1.29 is 31.5 Å². The number of nitrogens with one attached hydrogen (secondary N) is 1. The summed E-state index contributed by atoms with van der Waals surface area (Å²) < 4.78 is 46.0. The van der Waals surface area contributed by atoms with Crippen LogP contribution in [0.15, 0.2) is 47.6 Å². The first kappa shape index (κ1) is 22.6. The highest BCUT2D eigenvalue weighted by molar-refractivity contribution is 7.80. The summed E-state index contributed by atoms with van der Waals surface area (Å²) in [6, 6.07) is 12.6. The number of cyclic esters (lactones) is 1. The van der Waals surface area contributed by atoms with Crippen LogP contribution in [0.1, 0.15) is 43.4 Å². The topological polar surface area (TPSA) is 124 Å². The number of aryl methyl sites for hydroxylation is 1. The van der Waals surface area contributed by atoms with E-state index < -0.39 is 22.1 Å². The van der Waals surface area contributed by atoms with Crippen LogP contribution in [0.3, 0.4) is 0 Å². The lowest BCUT2D eigenvalue weighted by Crippen LogP contribution is -2.35. The second-order valence-corrected chi connectivity index (χ2v) is 8.55. The predicted octanol–water partition coefficient (Wildman–Crippen LogP) is 4.17. The Balaban J connectivity index is 1.68. The molecule has 0 bridgehead atoms. The molecule has 31 heavy (non-hydrogen) atoms. The summed E-state index contributed by atoms with van der Waals surface area (Å²) >= 11 is 0. The Hall–Kier alpha value is -3.11. The summed E-state index contributed by atoms with van der Waals surface area (Å²) in [5, 5.41) is 6.30. The molecule has 1 heterocycles. The minimum absolute atomic E-state index is 0.323. The molecule has 0 radical (unpaired) electrons. The molecule has 1 amide bonds. The van der Waals surface area contributed by atoms with Crippen molar-refractivity contribution in [3.63, 3.8) is 0 Å². The molecule has 2 aromatic carbocycles. The molecule has 2 N–H and O–H groups in total. The minimum Gasteiger partial charge on any atom is -0.494 e. The lowest BCUT2D eigenvalue weighted by molar-refractivity contribution is 0.0417. The van der Waals surface area contributed by atoms with Gasteiger partial charge in [-0.25, -0.2) is 9.08 Å². The van der Waals surface area contributed by atoms with Gasteiger partial charge in [0.2, 0.25) is 0 Å². The summed E-state index contributed by atoms with van der Waals surface area (Å²) in [6.07, 6.45) is 0.373. The van der Waals surface area contributed by atoms with Crippen LogP contribution in [0.2, 0.25) is 0 Å². The highest BCUT2D eigenvalue weighted by atomic mass is 32.3. The SMILES string of the molecule is Cc1cc(OCCCC(=NOS(=O)(=O)O)c2ccccc2)cc2c1NC(=O)OC2(C)C. The van der Waals surface area contributed by atoms with Gasteiger partial charge in [0.05, 0.1) is 18.0 Å². The number of rotatable bonds is 8. The molecule has 0 saturated heterocycles. The van der Waals surface area contributed by atoms with E-state index in [1.807, 2.05) is 39.0 Å². The Morgan fingerprint density at radius 3 is 2.61 bits per heavy atom. The van der Waals surface area contributed by atoms with Crippen molar-refractivity contribution in [2.24, 2.45) is 5.16 Å². The number of carbonyl (C=O) groups is 1. The van der Waals surface area contributed by atoms with Crippen LogP contribution in [-0.4, -0.2) is 31.4 Å². The van der Waals surface area contributed by atoms with Crippen LogP contribution in [0.4, 0.5) is 10.5 Å². The molecule has 0 unspecified atom stereocenters. The maximum Gasteiger partial charge on any atom is 0.466 e. The normalized spacial score (nSPS) is 15.5. The van der Waals surface area contributed by atoms with Gasteiger partial charge in [-0.3, -0.25) is 9.87 Å². The van der Waals surface area contributed by atoms with Gasteiger partial charge in [-0.15, -0.1) is 0 Å². The molecule has 0 saturated carbocycles. The van der Waals surface area contributed by atoms with Crippen molar-refractivity contribution in [3.05, 3.63) is 59.2 Å². The molecule has 10 heteroatoms. The fourth-order valence-corrected chi connectivity index (χ4v) is 3.47. The molecule has 1 aliphatic heterocycles. The number of carbonyl (C=O) groups excluding carboxylic acids is 1. The molecule has 2 aromatic rings. The van der Waals surface area contributed by atoms with Gasteiger partial charge in [0, 0.05) is 5.56 Å². The van der Waals surface area contributed by atoms with E-state index in [1.54, 1.807) is 24.3 Å². The van der Waals surface area contributed by atoms with Crippen molar-refractivity contribution in [1.82, 2.24) is 0 Å². The van der Waals surface area contributed by atoms with E-state index in [9.17, 15) is 13.2 Å². The van der Waals surface area contributed by atoms with Gasteiger partial charge in [0.25, 0.3) is 0 Å². The van der Waals surface area contributed by atoms with Crippen LogP contribution >= 0.6 is 0 Å². The molecule has 166 valence electrons. The van der Waals surface area contributed by atoms with E-state index in [4.69, 9.17) is 14.0 Å². The molecule has 0 spiro atoms. The zero-order valence-electron chi connectivity index (χ0n) is 17.4. The smallest absolute Gasteiger partial charge is 0.466 e. The van der Waals surface area contributed by atoms with E-state index in [1.165, 1.54) is 0 Å². The number of benzene rings is 2. The Morgan fingerprint density at radius 2 is 1.94 bits per heavy atom. The van der Waals surface area contributed by atoms with Crippen molar-refractivity contribution in [2.45, 2.75) is 39.2 Å². The molecule has 0 aromatic heterocycles. The number of ether oxygens (including phenoxy) is 2. The third-order valence-electron chi connectivity index (χ3n) is 4.71. The maximum atomic E-state index is 11.7. The third kappa shape index (κ3) is 5.96. The average molecular weight is 448 g/mol. The van der Waals surface area contributed by atoms with Gasteiger partial charge in [-0.1, -0.05) is 35.5 Å². The first-order valence-electron chi connectivity index (χ1n) is 9.61. The minimum atomic E-state index is -4.69. The van der Waals surface area contributed by atoms with E-state index in [0.29, 0.717) is 36.5 Å². The van der Waals surface area contributed by atoms with E-state index in [-0.39, 0.29) is 0 Å². The highest BCUT2D eigenvalue weighted by Crippen LogP contribution is 2.39. The first-order valence-corrected chi connectivity index (χ1v) is 11.0. The summed E-state index contributed by atoms with van der Waals surface area (Å²) in [5.41, 5.74) is 2.63. The van der Waals surface area contributed by atoms with Gasteiger partial charge in [-0.05, 0) is 56.9 Å². The zero-order chi connectivity index (χ0) is 22.6. The van der Waals surface area contributed by atoms with Gasteiger partial charge in [-0.2, -0.15) is 8.42 Å². The molecule has 9 nitrogen and oxygen atoms in total. The summed E-state index contributed by atoms with van der Waals surface area (Å²) in [6.45, 7) is 5.82. The number of amides is 1. The monoisotopic (exact) mass is 448 g/mol. The zero-order valence-corrected chi connectivity index (χ0v) is 18.2. The summed E-state index contributed by atoms with van der Waals surface area (Å²) in [7, 11) is -4.69. The molecule has 0 fully saturated rings. The van der Waals surface area contributed by atoms with Crippen molar-refractivity contribution in [3.8, 4) is 5.75 Å². The average Bonchev–Trinajstić information content (AvgIpc) is 2.68. The van der Waals surface area contributed by atoms with Crippen LogP contribution in [0, 0.1) is 6.92 Å². The second-order valence-electron chi connectivity index (χ2n) is 7.55. The fourth-order valence-electron chi connectivity index (χ4n) is 3.29. The Labute approximate surface area is 181 Å². The molecule has 3 rings (SSSR count). The van der Waals surface area contributed by atoms with E-state index in [0.717, 1.165) is 16.8 Å². The van der Waals surface area contributed by atoms with Gasteiger partial charge < -0.3 is 9.47 Å². The maximum absolute atomic E-state index is 11.7. The van der Waals surface area contributed by atoms with E-state index >= 15 is 0 Å². The third-order valence-corrected chi connectivity index (χ3v) is 4.97. The van der Waals surface area contributed by atoms with Gasteiger partial charge >= 0.3 is 16.5 Å². The Bertz CT molecular complexity index is 1100. The predicted molar refractivity (Wildman–Crippen MR) is 115 cm³/mol. The summed E-state index contributed by atoms with van der Waals surface area (Å²) in [4.78, 5) is 11.7. The number of anilines is 1. The second kappa shape index (κ2) is 8.94. The highest BCUT2D eigenvalue weighted by Gasteiger charge is 2.34. The molecule has 1 aliphatic rings. The molecular formula is C21H24N2O7S. The van der Waals surface area contributed by atoms with Crippen LogP contribution in [0.5, 0.6) is 5.75 Å². The molecular weight excluding hydrogens is 424 g/mol. The lowest BCUT2D eigenvalue weighted by atomic mass is 9.92. The van der Waals surface area contributed by atoms with Crippen molar-refractivity contribution >= 4 is 27.9 Å². The standard InChI is InChI=1S/C21H24N2O7S/c1-14-12-16(13-17-19(14)22-20(24)29-21(17,2)3)28-11-7-10-18(23-30-31(25,26)27)15-8-5-4-6-9-15/h4-6,8-9,12-13H,7,10-11H2,1-3H3,(H,22,24)(H,25,26,27). The number of hydrogen-bond donors (Lipinski definition) is 2. The van der Waals surface area contributed by atoms with Crippen LogP contribution < -0.4 is 10.1 Å². The largest absolute Gasteiger partial charge is 0.494 e. The lowest BCUT2D eigenvalue weighted by Gasteiger charge is -2.33. The Kier molecular flexibility index (Phi) is 6.51. The number of nitrogens with zero attached hydrogens (tertiary/aromatic N) is 1.